The highest BCUT2D eigenvalue weighted by Crippen LogP contribution is 2.28. The molecule has 2 rings (SSSR count). The van der Waals surface area contributed by atoms with Gasteiger partial charge in [0.05, 0.1) is 26.5 Å². The molecular weight excluding hydrogens is 386 g/mol. The molecule has 0 radical (unpaired) electrons. The summed E-state index contributed by atoms with van der Waals surface area (Å²) in [5.74, 6) is 0.988. The molecule has 0 spiro atoms. The largest absolute Gasteiger partial charge is 0.497 e. The van der Waals surface area contributed by atoms with Crippen molar-refractivity contribution in [2.75, 3.05) is 25.6 Å². The third-order valence-corrected chi connectivity index (χ3v) is 3.83. The van der Waals surface area contributed by atoms with E-state index >= 15 is 0 Å². The number of nitrogens with zero attached hydrogens (tertiary/aromatic N) is 1. The van der Waals surface area contributed by atoms with E-state index in [1.54, 1.807) is 49.6 Å². The summed E-state index contributed by atoms with van der Waals surface area (Å²) >= 11 is 0. The number of hydrazone groups is 1. The van der Waals surface area contributed by atoms with Crippen molar-refractivity contribution in [3.05, 3.63) is 48.0 Å². The zero-order valence-electron chi connectivity index (χ0n) is 17.4. The molecule has 0 bridgehead atoms. The normalized spacial score (nSPS) is 10.5. The summed E-state index contributed by atoms with van der Waals surface area (Å²) in [5, 5.41) is 6.54. The lowest BCUT2D eigenvalue weighted by Gasteiger charge is -2.11. The average Bonchev–Trinajstić information content (AvgIpc) is 2.74. The maximum atomic E-state index is 12.0. The Morgan fingerprint density at radius 3 is 2.43 bits per heavy atom. The van der Waals surface area contributed by atoms with Crippen LogP contribution in [0.15, 0.2) is 47.6 Å². The number of rotatable bonds is 11. The number of benzene rings is 2. The smallest absolute Gasteiger partial charge is 0.249 e. The molecule has 8 heteroatoms. The van der Waals surface area contributed by atoms with Gasteiger partial charge < -0.3 is 19.5 Å². The predicted octanol–water partition coefficient (Wildman–Crippen LogP) is 3.36. The molecule has 0 aliphatic rings. The monoisotopic (exact) mass is 413 g/mol. The van der Waals surface area contributed by atoms with E-state index < -0.39 is 11.8 Å². The molecule has 0 heterocycles. The van der Waals surface area contributed by atoms with Crippen molar-refractivity contribution in [3.63, 3.8) is 0 Å². The molecule has 0 aromatic heterocycles. The summed E-state index contributed by atoms with van der Waals surface area (Å²) in [4.78, 5) is 23.9. The second-order valence-electron chi connectivity index (χ2n) is 6.23. The zero-order valence-corrected chi connectivity index (χ0v) is 17.4. The minimum absolute atomic E-state index is 0.350. The predicted molar refractivity (Wildman–Crippen MR) is 115 cm³/mol. The van der Waals surface area contributed by atoms with Crippen LogP contribution in [0, 0.1) is 0 Å². The first-order chi connectivity index (χ1) is 14.5. The average molecular weight is 413 g/mol. The van der Waals surface area contributed by atoms with Crippen molar-refractivity contribution in [2.24, 2.45) is 5.10 Å². The van der Waals surface area contributed by atoms with Crippen molar-refractivity contribution >= 4 is 23.7 Å². The molecule has 2 aromatic rings. The van der Waals surface area contributed by atoms with E-state index in [1.807, 2.05) is 13.8 Å². The van der Waals surface area contributed by atoms with Crippen LogP contribution in [0.4, 0.5) is 5.69 Å². The van der Waals surface area contributed by atoms with Gasteiger partial charge in [-0.2, -0.15) is 5.10 Å². The number of nitrogens with one attached hydrogen (secondary N) is 2. The van der Waals surface area contributed by atoms with E-state index in [-0.39, 0.29) is 6.42 Å². The Kier molecular flexibility index (Phi) is 9.18. The summed E-state index contributed by atoms with van der Waals surface area (Å²) < 4.78 is 16.3. The highest BCUT2D eigenvalue weighted by Gasteiger charge is 2.09. The Morgan fingerprint density at radius 1 is 1.00 bits per heavy atom. The van der Waals surface area contributed by atoms with Crippen LogP contribution in [0.3, 0.4) is 0 Å². The van der Waals surface area contributed by atoms with Crippen LogP contribution in [0.1, 0.15) is 32.3 Å². The molecule has 30 heavy (non-hydrogen) atoms. The molecule has 160 valence electrons. The van der Waals surface area contributed by atoms with Crippen molar-refractivity contribution in [1.29, 1.82) is 0 Å². The molecule has 8 nitrogen and oxygen atoms in total. The van der Waals surface area contributed by atoms with Gasteiger partial charge in [-0.15, -0.1) is 0 Å². The minimum atomic E-state index is -0.523. The molecule has 0 saturated heterocycles. The number of carbonyl (C=O) groups excluding carboxylic acids is 2. The van der Waals surface area contributed by atoms with Crippen LogP contribution in [-0.2, 0) is 9.59 Å². The van der Waals surface area contributed by atoms with Gasteiger partial charge in [-0.3, -0.25) is 9.59 Å². The van der Waals surface area contributed by atoms with Crippen LogP contribution >= 0.6 is 0 Å². The third-order valence-electron chi connectivity index (χ3n) is 3.83. The summed E-state index contributed by atoms with van der Waals surface area (Å²) in [6.45, 7) is 5.02. The molecule has 0 saturated carbocycles. The summed E-state index contributed by atoms with van der Waals surface area (Å²) in [6, 6.07) is 12.2. The first kappa shape index (κ1) is 22.7. The third kappa shape index (κ3) is 7.46. The lowest BCUT2D eigenvalue weighted by atomic mass is 10.2. The Hall–Kier alpha value is -3.55. The molecular formula is C22H27N3O5. The van der Waals surface area contributed by atoms with Gasteiger partial charge >= 0.3 is 0 Å². The van der Waals surface area contributed by atoms with Crippen LogP contribution in [0.25, 0.3) is 0 Å². The Labute approximate surface area is 176 Å². The lowest BCUT2D eigenvalue weighted by Crippen LogP contribution is -2.24. The number of ether oxygens (including phenoxy) is 3. The van der Waals surface area contributed by atoms with E-state index in [4.69, 9.17) is 14.2 Å². The molecule has 0 aliphatic carbocycles. The maximum absolute atomic E-state index is 12.0. The van der Waals surface area contributed by atoms with E-state index in [2.05, 4.69) is 15.8 Å². The second-order valence-corrected chi connectivity index (χ2v) is 6.23. The Bertz CT molecular complexity index is 866. The molecule has 2 amide bonds. The second kappa shape index (κ2) is 12.1. The van der Waals surface area contributed by atoms with E-state index in [1.165, 1.54) is 6.21 Å². The first-order valence-electron chi connectivity index (χ1n) is 9.71. The molecule has 0 unspecified atom stereocenters. The van der Waals surface area contributed by atoms with Gasteiger partial charge in [-0.1, -0.05) is 6.92 Å². The number of methoxy groups -OCH3 is 1. The van der Waals surface area contributed by atoms with Gasteiger partial charge in [0.25, 0.3) is 0 Å². The van der Waals surface area contributed by atoms with E-state index in [9.17, 15) is 9.59 Å². The highest BCUT2D eigenvalue weighted by atomic mass is 16.5. The van der Waals surface area contributed by atoms with E-state index in [0.29, 0.717) is 36.1 Å². The van der Waals surface area contributed by atoms with Gasteiger partial charge in [0, 0.05) is 5.69 Å². The molecule has 0 aliphatic heterocycles. The fourth-order valence-electron chi connectivity index (χ4n) is 2.45. The number of hydrogen-bond donors (Lipinski definition) is 2. The van der Waals surface area contributed by atoms with Crippen LogP contribution in [-0.4, -0.2) is 38.4 Å². The molecule has 0 fully saturated rings. The van der Waals surface area contributed by atoms with Crippen molar-refractivity contribution < 1.29 is 23.8 Å². The van der Waals surface area contributed by atoms with Crippen LogP contribution in [0.5, 0.6) is 17.2 Å². The number of carbonyl (C=O) groups is 2. The van der Waals surface area contributed by atoms with E-state index in [0.717, 1.165) is 12.0 Å². The van der Waals surface area contributed by atoms with Gasteiger partial charge in [0.1, 0.15) is 12.2 Å². The van der Waals surface area contributed by atoms with Crippen LogP contribution in [0.2, 0.25) is 0 Å². The molecule has 0 atom stereocenters. The maximum Gasteiger partial charge on any atom is 0.249 e. The van der Waals surface area contributed by atoms with Crippen molar-refractivity contribution in [3.8, 4) is 17.2 Å². The van der Waals surface area contributed by atoms with Crippen LogP contribution < -0.4 is 25.0 Å². The summed E-state index contributed by atoms with van der Waals surface area (Å²) in [5.41, 5.74) is 3.65. The number of anilines is 1. The van der Waals surface area contributed by atoms with Crippen molar-refractivity contribution in [2.45, 2.75) is 26.7 Å². The standard InChI is InChI=1S/C22H27N3O5/c1-4-12-30-19-11-6-16(13-20(19)29-5-2)15-23-25-22(27)14-21(26)24-17-7-9-18(28-3)10-8-17/h6-11,13,15H,4-5,12,14H2,1-3H3,(H,24,26)(H,25,27). The van der Waals surface area contributed by atoms with Gasteiger partial charge in [0.15, 0.2) is 11.5 Å². The SMILES string of the molecule is CCCOc1ccc(C=NNC(=O)CC(=O)Nc2ccc(OC)cc2)cc1OCC. The first-order valence-corrected chi connectivity index (χ1v) is 9.71. The molecule has 2 N–H and O–H groups in total. The fourth-order valence-corrected chi connectivity index (χ4v) is 2.45. The zero-order chi connectivity index (χ0) is 21.8. The van der Waals surface area contributed by atoms with Gasteiger partial charge in [-0.05, 0) is 61.4 Å². The lowest BCUT2D eigenvalue weighted by molar-refractivity contribution is -0.126. The Balaban J connectivity index is 1.86. The minimum Gasteiger partial charge on any atom is -0.497 e. The fraction of sp³-hybridized carbons (Fsp3) is 0.318. The number of amides is 2. The quantitative estimate of drug-likeness (QED) is 0.334. The topological polar surface area (TPSA) is 98.2 Å². The highest BCUT2D eigenvalue weighted by molar-refractivity contribution is 6.03. The Morgan fingerprint density at radius 2 is 1.77 bits per heavy atom. The summed E-state index contributed by atoms with van der Waals surface area (Å²) in [6.07, 6.45) is 2.02. The molecule has 2 aromatic carbocycles. The number of hydrogen-bond acceptors (Lipinski definition) is 6. The summed E-state index contributed by atoms with van der Waals surface area (Å²) in [7, 11) is 1.56. The van der Waals surface area contributed by atoms with Crippen molar-refractivity contribution in [1.82, 2.24) is 5.43 Å². The van der Waals surface area contributed by atoms with Gasteiger partial charge in [-0.25, -0.2) is 5.43 Å². The van der Waals surface area contributed by atoms with Gasteiger partial charge in [0.2, 0.25) is 11.8 Å².